The minimum absolute atomic E-state index is 0.183. The molecule has 38 heavy (non-hydrogen) atoms. The summed E-state index contributed by atoms with van der Waals surface area (Å²) >= 11 is 1.10. The third-order valence-electron chi connectivity index (χ3n) is 6.79. The van der Waals surface area contributed by atoms with E-state index in [1.807, 2.05) is 0 Å². The fraction of sp³-hybridized carbons (Fsp3) is 0.161. The molecule has 0 aliphatic heterocycles. The molecule has 0 unspecified atom stereocenters. The summed E-state index contributed by atoms with van der Waals surface area (Å²) in [5.74, 6) is -15.8. The third kappa shape index (κ3) is 3.91. The maximum Gasteiger partial charge on any atom is 0.380 e. The standard InChI is InChI=1S/C31H22F6S/c1-19(26(22-14-8-4-9-15-22)23-16-10-5-11-17-23)27-28(30(34,35)31(36,37)29(27,32)33)24-18-25(38-20(24)2)21-12-6-3-7-13-21/h3-18H,1-2H3. The number of allylic oxidation sites excluding steroid dienone is 3. The molecule has 0 nitrogen and oxygen atoms in total. The molecule has 194 valence electrons. The van der Waals surface area contributed by atoms with E-state index in [9.17, 15) is 0 Å². The van der Waals surface area contributed by atoms with Gasteiger partial charge in [0, 0.05) is 20.9 Å². The van der Waals surface area contributed by atoms with Crippen molar-refractivity contribution in [1.82, 2.24) is 0 Å². The van der Waals surface area contributed by atoms with E-state index in [0.29, 0.717) is 21.6 Å². The first-order valence-corrected chi connectivity index (χ1v) is 12.7. The highest BCUT2D eigenvalue weighted by molar-refractivity contribution is 7.15. The Balaban J connectivity index is 1.87. The lowest BCUT2D eigenvalue weighted by atomic mass is 9.86. The Hall–Kier alpha value is -3.58. The van der Waals surface area contributed by atoms with Crippen LogP contribution in [0.2, 0.25) is 0 Å². The zero-order valence-electron chi connectivity index (χ0n) is 20.4. The molecule has 1 aliphatic rings. The smallest absolute Gasteiger partial charge is 0.194 e. The topological polar surface area (TPSA) is 0 Å². The molecular weight excluding hydrogens is 518 g/mol. The molecule has 0 spiro atoms. The van der Waals surface area contributed by atoms with Gasteiger partial charge in [-0.05, 0) is 53.3 Å². The van der Waals surface area contributed by atoms with Crippen LogP contribution in [0.25, 0.3) is 21.6 Å². The fourth-order valence-corrected chi connectivity index (χ4v) is 5.99. The molecule has 0 bridgehead atoms. The van der Waals surface area contributed by atoms with Crippen molar-refractivity contribution in [3.05, 3.63) is 130 Å². The fourth-order valence-electron chi connectivity index (χ4n) is 4.96. The van der Waals surface area contributed by atoms with Crippen molar-refractivity contribution in [2.75, 3.05) is 0 Å². The Morgan fingerprint density at radius 2 is 1.13 bits per heavy atom. The molecular formula is C31H22F6S. The van der Waals surface area contributed by atoms with E-state index in [-0.39, 0.29) is 21.6 Å². The summed E-state index contributed by atoms with van der Waals surface area (Å²) in [5.41, 5.74) is -1.54. The zero-order valence-corrected chi connectivity index (χ0v) is 21.2. The first-order chi connectivity index (χ1) is 18.0. The van der Waals surface area contributed by atoms with Crippen LogP contribution in [0, 0.1) is 6.92 Å². The van der Waals surface area contributed by atoms with Crippen LogP contribution in [-0.4, -0.2) is 17.8 Å². The first-order valence-electron chi connectivity index (χ1n) is 11.9. The van der Waals surface area contributed by atoms with E-state index in [1.54, 1.807) is 91.0 Å². The monoisotopic (exact) mass is 540 g/mol. The predicted molar refractivity (Wildman–Crippen MR) is 141 cm³/mol. The molecule has 0 amide bonds. The van der Waals surface area contributed by atoms with E-state index >= 15 is 26.3 Å². The number of hydrogen-bond acceptors (Lipinski definition) is 1. The summed E-state index contributed by atoms with van der Waals surface area (Å²) in [5, 5.41) is 0. The van der Waals surface area contributed by atoms with E-state index in [0.717, 1.165) is 11.3 Å². The van der Waals surface area contributed by atoms with Crippen molar-refractivity contribution in [3.63, 3.8) is 0 Å². The molecule has 0 fully saturated rings. The number of benzene rings is 3. The highest BCUT2D eigenvalue weighted by atomic mass is 32.1. The normalized spacial score (nSPS) is 17.5. The van der Waals surface area contributed by atoms with Crippen LogP contribution in [0.15, 0.2) is 108 Å². The molecule has 3 aromatic carbocycles. The second-order valence-corrected chi connectivity index (χ2v) is 10.4. The summed E-state index contributed by atoms with van der Waals surface area (Å²) in [6.07, 6.45) is 0. The molecule has 7 heteroatoms. The molecule has 4 aromatic rings. The van der Waals surface area contributed by atoms with Crippen LogP contribution in [0.5, 0.6) is 0 Å². The highest BCUT2D eigenvalue weighted by Gasteiger charge is 2.80. The van der Waals surface area contributed by atoms with Gasteiger partial charge in [0.05, 0.1) is 0 Å². The van der Waals surface area contributed by atoms with Crippen LogP contribution in [0.1, 0.15) is 28.5 Å². The minimum atomic E-state index is -5.62. The van der Waals surface area contributed by atoms with Gasteiger partial charge in [-0.25, -0.2) is 0 Å². The third-order valence-corrected chi connectivity index (χ3v) is 7.89. The number of alkyl halides is 6. The maximum atomic E-state index is 15.6. The lowest BCUT2D eigenvalue weighted by molar-refractivity contribution is -0.259. The van der Waals surface area contributed by atoms with Crippen LogP contribution in [0.3, 0.4) is 0 Å². The van der Waals surface area contributed by atoms with Gasteiger partial charge in [-0.2, -0.15) is 26.3 Å². The predicted octanol–water partition coefficient (Wildman–Crippen LogP) is 9.92. The van der Waals surface area contributed by atoms with Crippen LogP contribution in [-0.2, 0) is 0 Å². The van der Waals surface area contributed by atoms with E-state index in [4.69, 9.17) is 0 Å². The maximum absolute atomic E-state index is 15.6. The summed E-state index contributed by atoms with van der Waals surface area (Å²) in [7, 11) is 0. The van der Waals surface area contributed by atoms with Crippen molar-refractivity contribution < 1.29 is 26.3 Å². The average molecular weight is 541 g/mol. The Morgan fingerprint density at radius 1 is 0.658 bits per heavy atom. The Morgan fingerprint density at radius 3 is 1.63 bits per heavy atom. The SMILES string of the molecule is CC(=C(c1ccccc1)c1ccccc1)C1=C(c2cc(-c3ccccc3)sc2C)C(F)(F)C(F)(F)C1(F)F. The summed E-state index contributed by atoms with van der Waals surface area (Å²) in [6.45, 7) is 2.70. The quantitative estimate of drug-likeness (QED) is 0.221. The average Bonchev–Trinajstić information content (AvgIpc) is 3.33. The van der Waals surface area contributed by atoms with Crippen molar-refractivity contribution in [3.8, 4) is 10.4 Å². The Bertz CT molecular complexity index is 1490. The molecule has 0 atom stereocenters. The lowest BCUT2D eigenvalue weighted by Gasteiger charge is -2.26. The zero-order chi connectivity index (χ0) is 27.3. The van der Waals surface area contributed by atoms with Gasteiger partial charge in [0.25, 0.3) is 0 Å². The van der Waals surface area contributed by atoms with Gasteiger partial charge in [-0.3, -0.25) is 0 Å². The number of aryl methyl sites for hydroxylation is 1. The highest BCUT2D eigenvalue weighted by Crippen LogP contribution is 2.64. The number of halogens is 6. The number of hydrogen-bond donors (Lipinski definition) is 0. The van der Waals surface area contributed by atoms with Gasteiger partial charge in [-0.1, -0.05) is 91.0 Å². The van der Waals surface area contributed by atoms with Crippen LogP contribution in [0.4, 0.5) is 26.3 Å². The number of rotatable bonds is 5. The summed E-state index contributed by atoms with van der Waals surface area (Å²) < 4.78 is 92.3. The molecule has 1 heterocycles. The van der Waals surface area contributed by atoms with E-state index < -0.39 is 28.9 Å². The van der Waals surface area contributed by atoms with Gasteiger partial charge < -0.3 is 0 Å². The van der Waals surface area contributed by atoms with Gasteiger partial charge in [0.1, 0.15) is 0 Å². The van der Waals surface area contributed by atoms with Crippen molar-refractivity contribution in [1.29, 1.82) is 0 Å². The minimum Gasteiger partial charge on any atom is -0.194 e. The van der Waals surface area contributed by atoms with Gasteiger partial charge in [-0.15, -0.1) is 11.3 Å². The second-order valence-electron chi connectivity index (χ2n) is 9.15. The first kappa shape index (κ1) is 26.0. The molecule has 0 saturated carbocycles. The molecule has 1 aliphatic carbocycles. The van der Waals surface area contributed by atoms with Gasteiger partial charge in [0.15, 0.2) is 0 Å². The largest absolute Gasteiger partial charge is 0.380 e. The van der Waals surface area contributed by atoms with Gasteiger partial charge in [0.2, 0.25) is 0 Å². The number of thiophene rings is 1. The molecule has 0 N–H and O–H groups in total. The second kappa shape index (κ2) is 9.31. The van der Waals surface area contributed by atoms with E-state index in [1.165, 1.54) is 19.9 Å². The van der Waals surface area contributed by atoms with Crippen molar-refractivity contribution >= 4 is 22.5 Å². The van der Waals surface area contributed by atoms with Crippen LogP contribution >= 0.6 is 11.3 Å². The Kier molecular flexibility index (Phi) is 6.38. The molecule has 5 rings (SSSR count). The Labute approximate surface area is 220 Å². The lowest BCUT2D eigenvalue weighted by Crippen LogP contribution is -2.49. The molecule has 0 radical (unpaired) electrons. The summed E-state index contributed by atoms with van der Waals surface area (Å²) in [4.78, 5) is 0.769. The van der Waals surface area contributed by atoms with Gasteiger partial charge >= 0.3 is 17.8 Å². The van der Waals surface area contributed by atoms with Crippen molar-refractivity contribution in [2.24, 2.45) is 0 Å². The summed E-state index contributed by atoms with van der Waals surface area (Å²) in [6, 6.07) is 26.8. The molecule has 1 aromatic heterocycles. The molecule has 0 saturated heterocycles. The van der Waals surface area contributed by atoms with Crippen LogP contribution < -0.4 is 0 Å². The van der Waals surface area contributed by atoms with Crippen molar-refractivity contribution in [2.45, 2.75) is 31.6 Å². The van der Waals surface area contributed by atoms with E-state index in [2.05, 4.69) is 0 Å².